The Labute approximate surface area is 181 Å². The van der Waals surface area contributed by atoms with E-state index in [2.05, 4.69) is 19.9 Å². The Bertz CT molecular complexity index is 1330. The lowest BCUT2D eigenvalue weighted by molar-refractivity contribution is 0.0997. The highest BCUT2D eigenvalue weighted by Gasteiger charge is 2.20. The summed E-state index contributed by atoms with van der Waals surface area (Å²) in [5, 5.41) is 23.4. The summed E-state index contributed by atoms with van der Waals surface area (Å²) < 4.78 is 4.09. The Morgan fingerprint density at radius 2 is 1.77 bits per heavy atom. The molecule has 1 heterocycles. The number of hydrogen-bond donors (Lipinski definition) is 3. The van der Waals surface area contributed by atoms with E-state index in [1.165, 1.54) is 0 Å². The van der Waals surface area contributed by atoms with Gasteiger partial charge in [-0.1, -0.05) is 42.5 Å². The maximum atomic E-state index is 12.8. The number of primary amides is 1. The Morgan fingerprint density at radius 1 is 1.06 bits per heavy atom. The van der Waals surface area contributed by atoms with Crippen molar-refractivity contribution in [2.75, 3.05) is 5.32 Å². The highest BCUT2D eigenvalue weighted by Crippen LogP contribution is 2.40. The van der Waals surface area contributed by atoms with E-state index in [9.17, 15) is 14.7 Å². The van der Waals surface area contributed by atoms with Crippen LogP contribution in [0.3, 0.4) is 0 Å². The first-order valence-electron chi connectivity index (χ1n) is 9.24. The molecule has 0 fully saturated rings. The van der Waals surface area contributed by atoms with Gasteiger partial charge in [0, 0.05) is 11.1 Å². The number of anilines is 1. The van der Waals surface area contributed by atoms with Gasteiger partial charge < -0.3 is 16.2 Å². The van der Waals surface area contributed by atoms with Gasteiger partial charge in [0.2, 0.25) is 0 Å². The first kappa shape index (κ1) is 20.2. The smallest absolute Gasteiger partial charge is 0.259 e. The van der Waals surface area contributed by atoms with Crippen LogP contribution in [-0.2, 0) is 0 Å². The molecule has 3 aromatic carbocycles. The zero-order valence-corrected chi connectivity index (χ0v) is 17.2. The van der Waals surface area contributed by atoms with E-state index >= 15 is 0 Å². The molecule has 1 aromatic heterocycles. The summed E-state index contributed by atoms with van der Waals surface area (Å²) in [4.78, 5) is 24.5. The lowest BCUT2D eigenvalue weighted by atomic mass is 10.0. The van der Waals surface area contributed by atoms with Gasteiger partial charge in [-0.05, 0) is 42.0 Å². The van der Waals surface area contributed by atoms with Crippen molar-refractivity contribution >= 4 is 50.5 Å². The van der Waals surface area contributed by atoms with Crippen molar-refractivity contribution in [1.82, 2.24) is 4.37 Å². The molecule has 4 N–H and O–H groups in total. The number of phenols is 1. The van der Waals surface area contributed by atoms with Crippen LogP contribution in [0.25, 0.3) is 10.8 Å². The standard InChI is InChI=1S/C22H17N5O3S/c1-12-17(20(23)29)22(31-27-12)26-25-18-15-10-6-5-7-13(15)11-16(19(18)28)21(30)24-14-8-3-2-4-9-14/h2-11,28H,1H3,(H2,23,29)(H,24,30)/b26-25+. The molecule has 8 nitrogen and oxygen atoms in total. The number of aryl methyl sites for hydroxylation is 1. The minimum atomic E-state index is -0.662. The van der Waals surface area contributed by atoms with Crippen LogP contribution in [0.4, 0.5) is 16.4 Å². The molecule has 0 saturated carbocycles. The molecule has 0 bridgehead atoms. The fourth-order valence-electron chi connectivity index (χ4n) is 3.12. The molecule has 0 spiro atoms. The van der Waals surface area contributed by atoms with E-state index in [4.69, 9.17) is 5.73 Å². The van der Waals surface area contributed by atoms with Crippen molar-refractivity contribution in [2.45, 2.75) is 6.92 Å². The Kier molecular flexibility index (Phi) is 5.42. The van der Waals surface area contributed by atoms with Crippen LogP contribution in [0.2, 0.25) is 0 Å². The highest BCUT2D eigenvalue weighted by molar-refractivity contribution is 7.10. The lowest BCUT2D eigenvalue weighted by Gasteiger charge is -2.11. The Morgan fingerprint density at radius 3 is 2.52 bits per heavy atom. The summed E-state index contributed by atoms with van der Waals surface area (Å²) in [5.41, 5.74) is 6.79. The van der Waals surface area contributed by atoms with Crippen molar-refractivity contribution in [3.05, 3.63) is 77.5 Å². The highest BCUT2D eigenvalue weighted by atomic mass is 32.1. The van der Waals surface area contributed by atoms with Crippen molar-refractivity contribution in [3.63, 3.8) is 0 Å². The fourth-order valence-corrected chi connectivity index (χ4v) is 3.85. The quantitative estimate of drug-likeness (QED) is 0.380. The van der Waals surface area contributed by atoms with Crippen molar-refractivity contribution in [2.24, 2.45) is 16.0 Å². The van der Waals surface area contributed by atoms with Crippen LogP contribution in [0.1, 0.15) is 26.4 Å². The molecular weight excluding hydrogens is 414 g/mol. The number of fused-ring (bicyclic) bond motifs is 1. The number of benzene rings is 3. The number of nitrogens with zero attached hydrogens (tertiary/aromatic N) is 3. The predicted octanol–water partition coefficient (Wildman–Crippen LogP) is 5.08. The number of amides is 2. The molecule has 9 heteroatoms. The average Bonchev–Trinajstić information content (AvgIpc) is 3.14. The molecule has 0 aliphatic rings. The van der Waals surface area contributed by atoms with Gasteiger partial charge in [0.1, 0.15) is 11.3 Å². The SMILES string of the molecule is Cc1nsc(/N=N/c2c(O)c(C(=O)Nc3ccccc3)cc3ccccc23)c1C(N)=O. The second kappa shape index (κ2) is 8.33. The maximum Gasteiger partial charge on any atom is 0.259 e. The predicted molar refractivity (Wildman–Crippen MR) is 120 cm³/mol. The molecule has 31 heavy (non-hydrogen) atoms. The van der Waals surface area contributed by atoms with Gasteiger partial charge >= 0.3 is 0 Å². The van der Waals surface area contributed by atoms with Crippen LogP contribution in [-0.4, -0.2) is 21.3 Å². The van der Waals surface area contributed by atoms with Crippen LogP contribution in [0.5, 0.6) is 5.75 Å². The minimum absolute atomic E-state index is 0.0483. The summed E-state index contributed by atoms with van der Waals surface area (Å²) in [6.07, 6.45) is 0. The molecule has 2 amide bonds. The number of para-hydroxylation sites is 1. The van der Waals surface area contributed by atoms with Crippen LogP contribution >= 0.6 is 11.5 Å². The number of aromatic hydroxyl groups is 1. The molecule has 4 aromatic rings. The number of hydrogen-bond acceptors (Lipinski definition) is 7. The zero-order valence-electron chi connectivity index (χ0n) is 16.4. The number of nitrogens with one attached hydrogen (secondary N) is 1. The molecule has 0 unspecified atom stereocenters. The van der Waals surface area contributed by atoms with Gasteiger partial charge in [-0.15, -0.1) is 10.2 Å². The van der Waals surface area contributed by atoms with Gasteiger partial charge in [0.15, 0.2) is 10.8 Å². The molecule has 4 rings (SSSR count). The zero-order chi connectivity index (χ0) is 22.0. The number of azo groups is 1. The summed E-state index contributed by atoms with van der Waals surface area (Å²) in [5.74, 6) is -1.47. The summed E-state index contributed by atoms with van der Waals surface area (Å²) in [6.45, 7) is 1.65. The average molecular weight is 431 g/mol. The van der Waals surface area contributed by atoms with E-state index in [-0.39, 0.29) is 27.6 Å². The van der Waals surface area contributed by atoms with E-state index in [0.29, 0.717) is 22.2 Å². The fraction of sp³-hybridized carbons (Fsp3) is 0.0455. The molecule has 0 saturated heterocycles. The lowest BCUT2D eigenvalue weighted by Crippen LogP contribution is -2.12. The van der Waals surface area contributed by atoms with E-state index < -0.39 is 11.8 Å². The summed E-state index contributed by atoms with van der Waals surface area (Å²) in [6, 6.07) is 17.7. The molecular formula is C22H17N5O3S. The Hall–Kier alpha value is -4.11. The number of aromatic nitrogens is 1. The topological polar surface area (TPSA) is 130 Å². The molecule has 0 atom stereocenters. The number of carbonyl (C=O) groups excluding carboxylic acids is 2. The van der Waals surface area contributed by atoms with Crippen LogP contribution < -0.4 is 11.1 Å². The van der Waals surface area contributed by atoms with Crippen molar-refractivity contribution in [3.8, 4) is 5.75 Å². The van der Waals surface area contributed by atoms with Crippen molar-refractivity contribution < 1.29 is 14.7 Å². The summed E-state index contributed by atoms with van der Waals surface area (Å²) in [7, 11) is 0. The number of carbonyl (C=O) groups is 2. The monoisotopic (exact) mass is 431 g/mol. The summed E-state index contributed by atoms with van der Waals surface area (Å²) >= 11 is 0.975. The van der Waals surface area contributed by atoms with Gasteiger partial charge in [0.05, 0.1) is 11.3 Å². The molecule has 0 aliphatic carbocycles. The van der Waals surface area contributed by atoms with Gasteiger partial charge in [0.25, 0.3) is 11.8 Å². The first-order chi connectivity index (χ1) is 15.0. The Balaban J connectivity index is 1.80. The van der Waals surface area contributed by atoms with Gasteiger partial charge in [-0.2, -0.15) is 4.37 Å². The largest absolute Gasteiger partial charge is 0.505 e. The molecule has 154 valence electrons. The second-order valence-corrected chi connectivity index (χ2v) is 7.43. The van der Waals surface area contributed by atoms with E-state index in [0.717, 1.165) is 11.5 Å². The third-order valence-electron chi connectivity index (χ3n) is 4.60. The van der Waals surface area contributed by atoms with E-state index in [1.807, 2.05) is 12.1 Å². The van der Waals surface area contributed by atoms with E-state index in [1.54, 1.807) is 55.5 Å². The van der Waals surface area contributed by atoms with Crippen molar-refractivity contribution in [1.29, 1.82) is 0 Å². The van der Waals surface area contributed by atoms with Crippen LogP contribution in [0.15, 0.2) is 70.9 Å². The minimum Gasteiger partial charge on any atom is -0.505 e. The number of phenolic OH excluding ortho intramolecular Hbond substituents is 1. The first-order valence-corrected chi connectivity index (χ1v) is 10.0. The third kappa shape index (κ3) is 3.99. The normalized spacial score (nSPS) is 11.1. The van der Waals surface area contributed by atoms with Gasteiger partial charge in [-0.25, -0.2) is 0 Å². The van der Waals surface area contributed by atoms with Crippen LogP contribution in [0, 0.1) is 6.92 Å². The second-order valence-electron chi connectivity index (χ2n) is 6.68. The maximum absolute atomic E-state index is 12.8. The number of rotatable bonds is 5. The van der Waals surface area contributed by atoms with Gasteiger partial charge in [-0.3, -0.25) is 9.59 Å². The third-order valence-corrected chi connectivity index (χ3v) is 5.43. The number of nitrogens with two attached hydrogens (primary N) is 1. The molecule has 0 aliphatic heterocycles. The molecule has 0 radical (unpaired) electrons.